The van der Waals surface area contributed by atoms with Crippen LogP contribution in [0.15, 0.2) is 35.1 Å². The van der Waals surface area contributed by atoms with Gasteiger partial charge in [0.1, 0.15) is 0 Å². The number of benzene rings is 1. The minimum atomic E-state index is -0.308. The van der Waals surface area contributed by atoms with E-state index in [1.54, 1.807) is 12.1 Å². The number of rotatable bonds is 3. The fourth-order valence-electron chi connectivity index (χ4n) is 1.63. The zero-order valence-electron chi connectivity index (χ0n) is 9.85. The normalized spacial score (nSPS) is 10.4. The Morgan fingerprint density at radius 2 is 2.33 bits per heavy atom. The topological polar surface area (TPSA) is 72.9 Å². The van der Waals surface area contributed by atoms with Gasteiger partial charge in [-0.25, -0.2) is 5.84 Å². The molecule has 0 radical (unpaired) electrons. The van der Waals surface area contributed by atoms with E-state index < -0.39 is 0 Å². The monoisotopic (exact) mass is 308 g/mol. The van der Waals surface area contributed by atoms with Crippen LogP contribution in [-0.2, 0) is 6.54 Å². The summed E-state index contributed by atoms with van der Waals surface area (Å²) >= 11 is 3.45. The minimum absolute atomic E-state index is 0.308. The molecule has 0 saturated heterocycles. The molecule has 0 aliphatic carbocycles. The lowest BCUT2D eigenvalue weighted by Gasteiger charge is -2.07. The molecule has 0 aliphatic heterocycles. The van der Waals surface area contributed by atoms with E-state index in [-0.39, 0.29) is 5.91 Å². The summed E-state index contributed by atoms with van der Waals surface area (Å²) in [4.78, 5) is 11.4. The van der Waals surface area contributed by atoms with Gasteiger partial charge in [-0.1, -0.05) is 22.0 Å². The van der Waals surface area contributed by atoms with Gasteiger partial charge in [0, 0.05) is 16.2 Å². The molecule has 0 saturated carbocycles. The Labute approximate surface area is 113 Å². The maximum absolute atomic E-state index is 11.4. The van der Waals surface area contributed by atoms with Crippen LogP contribution in [0.2, 0.25) is 0 Å². The summed E-state index contributed by atoms with van der Waals surface area (Å²) in [5, 5.41) is 4.22. The number of aryl methyl sites for hydroxylation is 1. The first kappa shape index (κ1) is 12.8. The van der Waals surface area contributed by atoms with E-state index in [1.165, 1.54) is 0 Å². The molecule has 1 aromatic heterocycles. The van der Waals surface area contributed by atoms with E-state index in [0.29, 0.717) is 12.1 Å². The molecule has 94 valence electrons. The molecule has 0 fully saturated rings. The lowest BCUT2D eigenvalue weighted by atomic mass is 10.1. The second kappa shape index (κ2) is 5.32. The van der Waals surface area contributed by atoms with Gasteiger partial charge in [-0.2, -0.15) is 5.10 Å². The number of carbonyl (C=O) groups is 1. The highest BCUT2D eigenvalue weighted by Crippen LogP contribution is 2.19. The number of hydrogen-bond acceptors (Lipinski definition) is 3. The first-order valence-electron chi connectivity index (χ1n) is 5.38. The number of aromatic nitrogens is 2. The summed E-state index contributed by atoms with van der Waals surface area (Å²) < 4.78 is 2.70. The predicted octanol–water partition coefficient (Wildman–Crippen LogP) is 1.61. The number of halogens is 1. The lowest BCUT2D eigenvalue weighted by Crippen LogP contribution is -2.29. The van der Waals surface area contributed by atoms with Gasteiger partial charge in [-0.3, -0.25) is 14.9 Å². The largest absolute Gasteiger partial charge is 0.290 e. The van der Waals surface area contributed by atoms with Crippen LogP contribution < -0.4 is 11.3 Å². The highest BCUT2D eigenvalue weighted by molar-refractivity contribution is 9.10. The Morgan fingerprint density at radius 1 is 1.56 bits per heavy atom. The van der Waals surface area contributed by atoms with Gasteiger partial charge < -0.3 is 0 Å². The Kier molecular flexibility index (Phi) is 3.78. The van der Waals surface area contributed by atoms with Crippen molar-refractivity contribution in [3.05, 3.63) is 51.8 Å². The van der Waals surface area contributed by atoms with E-state index >= 15 is 0 Å². The molecule has 1 amide bonds. The van der Waals surface area contributed by atoms with Crippen molar-refractivity contribution in [2.75, 3.05) is 0 Å². The number of hydrazine groups is 1. The van der Waals surface area contributed by atoms with Crippen LogP contribution in [0.25, 0.3) is 0 Å². The van der Waals surface area contributed by atoms with Crippen molar-refractivity contribution in [2.24, 2.45) is 5.84 Å². The van der Waals surface area contributed by atoms with Crippen molar-refractivity contribution in [2.45, 2.75) is 13.5 Å². The third-order valence-corrected chi connectivity index (χ3v) is 3.28. The van der Waals surface area contributed by atoms with Crippen molar-refractivity contribution in [3.8, 4) is 0 Å². The number of nitrogen functional groups attached to an aromatic ring is 1. The van der Waals surface area contributed by atoms with E-state index in [4.69, 9.17) is 5.84 Å². The number of amides is 1. The second-order valence-corrected chi connectivity index (χ2v) is 4.85. The predicted molar refractivity (Wildman–Crippen MR) is 71.9 cm³/mol. The molecule has 3 N–H and O–H groups in total. The molecule has 0 aliphatic rings. The summed E-state index contributed by atoms with van der Waals surface area (Å²) in [6, 6.07) is 5.36. The van der Waals surface area contributed by atoms with Crippen LogP contribution in [0.1, 0.15) is 21.5 Å². The van der Waals surface area contributed by atoms with Crippen LogP contribution in [0.4, 0.5) is 0 Å². The summed E-state index contributed by atoms with van der Waals surface area (Å²) in [5.74, 6) is 4.78. The molecule has 6 heteroatoms. The fourth-order valence-corrected chi connectivity index (χ4v) is 2.13. The van der Waals surface area contributed by atoms with Gasteiger partial charge in [0.25, 0.3) is 5.91 Å². The Bertz CT molecular complexity index is 579. The summed E-state index contributed by atoms with van der Waals surface area (Å²) in [6.07, 6.45) is 3.77. The van der Waals surface area contributed by atoms with Crippen molar-refractivity contribution in [3.63, 3.8) is 0 Å². The zero-order chi connectivity index (χ0) is 13.1. The van der Waals surface area contributed by atoms with Gasteiger partial charge in [0.05, 0.1) is 12.7 Å². The molecule has 18 heavy (non-hydrogen) atoms. The lowest BCUT2D eigenvalue weighted by molar-refractivity contribution is 0.0953. The van der Waals surface area contributed by atoms with Crippen molar-refractivity contribution < 1.29 is 4.79 Å². The number of nitrogens with two attached hydrogens (primary N) is 1. The van der Waals surface area contributed by atoms with Crippen LogP contribution in [0.5, 0.6) is 0 Å². The average molecular weight is 309 g/mol. The third kappa shape index (κ3) is 2.77. The Hall–Kier alpha value is -1.66. The highest BCUT2D eigenvalue weighted by atomic mass is 79.9. The molecular weight excluding hydrogens is 296 g/mol. The molecule has 2 rings (SSSR count). The molecule has 5 nitrogen and oxygen atoms in total. The number of carbonyl (C=O) groups excluding carboxylic acids is 1. The Balaban J connectivity index is 2.22. The molecule has 1 aromatic carbocycles. The summed E-state index contributed by atoms with van der Waals surface area (Å²) in [5.41, 5.74) is 4.79. The maximum Gasteiger partial charge on any atom is 0.265 e. The Morgan fingerprint density at radius 3 is 2.89 bits per heavy atom. The molecule has 0 unspecified atom stereocenters. The van der Waals surface area contributed by atoms with Gasteiger partial charge >= 0.3 is 0 Å². The average Bonchev–Trinajstić information content (AvgIpc) is 2.76. The van der Waals surface area contributed by atoms with E-state index in [1.807, 2.05) is 30.1 Å². The first-order valence-corrected chi connectivity index (χ1v) is 6.18. The van der Waals surface area contributed by atoms with Crippen LogP contribution >= 0.6 is 15.9 Å². The van der Waals surface area contributed by atoms with Gasteiger partial charge in [-0.05, 0) is 30.2 Å². The second-order valence-electron chi connectivity index (χ2n) is 3.99. The highest BCUT2D eigenvalue weighted by Gasteiger charge is 2.07. The van der Waals surface area contributed by atoms with E-state index in [9.17, 15) is 4.79 Å². The van der Waals surface area contributed by atoms with Crippen molar-refractivity contribution >= 4 is 21.8 Å². The third-order valence-electron chi connectivity index (χ3n) is 2.54. The van der Waals surface area contributed by atoms with Gasteiger partial charge in [0.15, 0.2) is 0 Å². The smallest absolute Gasteiger partial charge is 0.265 e. The molecule has 0 atom stereocenters. The summed E-state index contributed by atoms with van der Waals surface area (Å²) in [7, 11) is 0. The SMILES string of the molecule is Cc1cnn(Cc2ccc(C(=O)NN)cc2Br)c1. The van der Waals surface area contributed by atoms with E-state index in [2.05, 4.69) is 26.5 Å². The van der Waals surface area contributed by atoms with Crippen LogP contribution in [0.3, 0.4) is 0 Å². The summed E-state index contributed by atoms with van der Waals surface area (Å²) in [6.45, 7) is 2.65. The standard InChI is InChI=1S/C12H13BrN4O/c1-8-5-15-17(6-8)7-10-3-2-9(4-11(10)13)12(18)16-14/h2-6H,7,14H2,1H3,(H,16,18). The molecule has 0 spiro atoms. The number of nitrogens with one attached hydrogen (secondary N) is 1. The van der Waals surface area contributed by atoms with Crippen molar-refractivity contribution in [1.29, 1.82) is 0 Å². The zero-order valence-corrected chi connectivity index (χ0v) is 11.4. The van der Waals surface area contributed by atoms with E-state index in [0.717, 1.165) is 15.6 Å². The van der Waals surface area contributed by atoms with Gasteiger partial charge in [-0.15, -0.1) is 0 Å². The minimum Gasteiger partial charge on any atom is -0.290 e. The molecule has 1 heterocycles. The quantitative estimate of drug-likeness (QED) is 0.514. The molecular formula is C12H13BrN4O. The van der Waals surface area contributed by atoms with Crippen molar-refractivity contribution in [1.82, 2.24) is 15.2 Å². The van der Waals surface area contributed by atoms with Gasteiger partial charge in [0.2, 0.25) is 0 Å². The number of hydrogen-bond donors (Lipinski definition) is 2. The van der Waals surface area contributed by atoms with Crippen LogP contribution in [-0.4, -0.2) is 15.7 Å². The molecule has 0 bridgehead atoms. The number of nitrogens with zero attached hydrogens (tertiary/aromatic N) is 2. The maximum atomic E-state index is 11.4. The first-order chi connectivity index (χ1) is 8.60. The molecule has 2 aromatic rings. The fraction of sp³-hybridized carbons (Fsp3) is 0.167. The van der Waals surface area contributed by atoms with Crippen LogP contribution in [0, 0.1) is 6.92 Å².